The van der Waals surface area contributed by atoms with Gasteiger partial charge in [-0.1, -0.05) is 18.2 Å². The number of hydrogen-bond acceptors (Lipinski definition) is 6. The lowest BCUT2D eigenvalue weighted by atomic mass is 10.1. The van der Waals surface area contributed by atoms with Gasteiger partial charge in [0.05, 0.1) is 24.7 Å². The van der Waals surface area contributed by atoms with Gasteiger partial charge in [-0.05, 0) is 74.0 Å². The molecule has 0 fully saturated rings. The molecule has 1 aliphatic rings. The van der Waals surface area contributed by atoms with Gasteiger partial charge in [0.25, 0.3) is 5.91 Å². The summed E-state index contributed by atoms with van der Waals surface area (Å²) in [5, 5.41) is 10.3. The van der Waals surface area contributed by atoms with E-state index in [2.05, 4.69) is 0 Å². The Hall–Kier alpha value is -3.89. The first-order valence-corrected chi connectivity index (χ1v) is 13.2. The van der Waals surface area contributed by atoms with E-state index < -0.39 is 34.0 Å². The van der Waals surface area contributed by atoms with Crippen LogP contribution in [-0.2, 0) is 21.4 Å². The van der Waals surface area contributed by atoms with Crippen LogP contribution in [0.3, 0.4) is 0 Å². The van der Waals surface area contributed by atoms with Crippen LogP contribution in [0.25, 0.3) is 0 Å². The lowest BCUT2D eigenvalue weighted by molar-refractivity contribution is -0.142. The maximum atomic E-state index is 13.8. The highest BCUT2D eigenvalue weighted by Gasteiger charge is 2.46. The van der Waals surface area contributed by atoms with E-state index >= 15 is 0 Å². The maximum absolute atomic E-state index is 13.8. The number of carboxylic acids is 1. The number of carbonyl (C=O) groups excluding carboxylic acids is 1. The SMILES string of the molecule is CCOc1ccc(C(=O)N2c3ccccc3CN(S(=O)(=O)c3ccc(OC)cc3)C(C(=O)O)C2C)cc1. The van der Waals surface area contributed by atoms with Crippen molar-refractivity contribution in [2.24, 2.45) is 0 Å². The molecule has 1 heterocycles. The number of rotatable bonds is 7. The Kier molecular flexibility index (Phi) is 7.51. The molecule has 3 aromatic carbocycles. The molecule has 2 unspecified atom stereocenters. The minimum Gasteiger partial charge on any atom is -0.497 e. The lowest BCUT2D eigenvalue weighted by Gasteiger charge is -2.34. The Bertz CT molecular complexity index is 1390. The second kappa shape index (κ2) is 10.6. The zero-order valence-corrected chi connectivity index (χ0v) is 21.5. The third kappa shape index (κ3) is 5.03. The smallest absolute Gasteiger partial charge is 0.324 e. The average molecular weight is 525 g/mol. The summed E-state index contributed by atoms with van der Waals surface area (Å²) in [6.45, 7) is 3.65. The number of ether oxygens (including phenoxy) is 2. The Morgan fingerprint density at radius 3 is 2.19 bits per heavy atom. The number of methoxy groups -OCH3 is 1. The van der Waals surface area contributed by atoms with Crippen molar-refractivity contribution in [3.8, 4) is 11.5 Å². The Labute approximate surface area is 215 Å². The Morgan fingerprint density at radius 2 is 1.59 bits per heavy atom. The van der Waals surface area contributed by atoms with Crippen LogP contribution in [0.5, 0.6) is 11.5 Å². The molecule has 0 spiro atoms. The van der Waals surface area contributed by atoms with Crippen molar-refractivity contribution < 1.29 is 32.6 Å². The van der Waals surface area contributed by atoms with E-state index in [1.165, 1.54) is 36.3 Å². The van der Waals surface area contributed by atoms with Crippen molar-refractivity contribution in [3.63, 3.8) is 0 Å². The van der Waals surface area contributed by atoms with Crippen LogP contribution in [0.1, 0.15) is 29.8 Å². The fourth-order valence-corrected chi connectivity index (χ4v) is 6.11. The largest absolute Gasteiger partial charge is 0.497 e. The van der Waals surface area contributed by atoms with Gasteiger partial charge in [0, 0.05) is 17.8 Å². The summed E-state index contributed by atoms with van der Waals surface area (Å²) < 4.78 is 39.0. The molecular weight excluding hydrogens is 496 g/mol. The molecule has 2 atom stereocenters. The molecule has 0 aliphatic carbocycles. The van der Waals surface area contributed by atoms with Gasteiger partial charge >= 0.3 is 5.97 Å². The Balaban J connectivity index is 1.81. The molecule has 0 saturated heterocycles. The van der Waals surface area contributed by atoms with Gasteiger partial charge in [0.15, 0.2) is 0 Å². The van der Waals surface area contributed by atoms with Gasteiger partial charge in [-0.25, -0.2) is 8.42 Å². The summed E-state index contributed by atoms with van der Waals surface area (Å²) in [5.74, 6) is -0.737. The third-order valence-electron chi connectivity index (χ3n) is 6.30. The predicted molar refractivity (Wildman–Crippen MR) is 137 cm³/mol. The number of sulfonamides is 1. The van der Waals surface area contributed by atoms with Crippen LogP contribution in [-0.4, -0.2) is 55.5 Å². The summed E-state index contributed by atoms with van der Waals surface area (Å²) >= 11 is 0. The first-order valence-electron chi connectivity index (χ1n) is 11.7. The van der Waals surface area contributed by atoms with E-state index in [1.807, 2.05) is 6.92 Å². The number of carbonyl (C=O) groups is 2. The maximum Gasteiger partial charge on any atom is 0.324 e. The second-order valence-corrected chi connectivity index (χ2v) is 10.4. The van der Waals surface area contributed by atoms with Crippen molar-refractivity contribution in [2.45, 2.75) is 37.4 Å². The highest BCUT2D eigenvalue weighted by atomic mass is 32.2. The van der Waals surface area contributed by atoms with Crippen LogP contribution in [0.4, 0.5) is 5.69 Å². The highest BCUT2D eigenvalue weighted by Crippen LogP contribution is 2.35. The van der Waals surface area contributed by atoms with Crippen molar-refractivity contribution in [2.75, 3.05) is 18.6 Å². The third-order valence-corrected chi connectivity index (χ3v) is 8.14. The fraction of sp³-hybridized carbons (Fsp3) is 0.259. The van der Waals surface area contributed by atoms with Crippen LogP contribution >= 0.6 is 0 Å². The van der Waals surface area contributed by atoms with Crippen molar-refractivity contribution in [1.29, 1.82) is 0 Å². The summed E-state index contributed by atoms with van der Waals surface area (Å²) in [6, 6.07) is 16.6. The van der Waals surface area contributed by atoms with Crippen molar-refractivity contribution in [1.82, 2.24) is 4.31 Å². The fourth-order valence-electron chi connectivity index (χ4n) is 4.49. The van der Waals surface area contributed by atoms with E-state index in [0.717, 1.165) is 4.31 Å². The van der Waals surface area contributed by atoms with Gasteiger partial charge in [0.1, 0.15) is 17.5 Å². The number of anilines is 1. The first kappa shape index (κ1) is 26.2. The van der Waals surface area contributed by atoms with Crippen LogP contribution in [0.2, 0.25) is 0 Å². The molecule has 4 rings (SSSR count). The molecule has 0 saturated carbocycles. The van der Waals surface area contributed by atoms with Gasteiger partial charge in [0.2, 0.25) is 10.0 Å². The molecule has 10 heteroatoms. The quantitative estimate of drug-likeness (QED) is 0.500. The van der Waals surface area contributed by atoms with Crippen LogP contribution < -0.4 is 14.4 Å². The highest BCUT2D eigenvalue weighted by molar-refractivity contribution is 7.89. The number of amides is 1. The van der Waals surface area contributed by atoms with Crippen molar-refractivity contribution in [3.05, 3.63) is 83.9 Å². The monoisotopic (exact) mass is 524 g/mol. The number of carboxylic acid groups (broad SMARTS) is 1. The molecule has 1 N–H and O–H groups in total. The summed E-state index contributed by atoms with van der Waals surface area (Å²) in [4.78, 5) is 27.7. The molecule has 0 radical (unpaired) electrons. The molecule has 194 valence electrons. The van der Waals surface area contributed by atoms with Gasteiger partial charge in [-0.3, -0.25) is 9.59 Å². The second-order valence-electron chi connectivity index (χ2n) is 8.51. The molecule has 1 amide bonds. The van der Waals surface area contributed by atoms with E-state index in [-0.39, 0.29) is 11.4 Å². The summed E-state index contributed by atoms with van der Waals surface area (Å²) in [7, 11) is -2.80. The minimum atomic E-state index is -4.26. The number of nitrogens with zero attached hydrogens (tertiary/aromatic N) is 2. The van der Waals surface area contributed by atoms with Crippen LogP contribution in [0, 0.1) is 0 Å². The first-order chi connectivity index (χ1) is 17.7. The van der Waals surface area contributed by atoms with E-state index in [0.29, 0.717) is 34.9 Å². The van der Waals surface area contributed by atoms with Crippen molar-refractivity contribution >= 4 is 27.6 Å². The molecule has 0 bridgehead atoms. The van der Waals surface area contributed by atoms with E-state index in [4.69, 9.17) is 9.47 Å². The molecule has 1 aliphatic heterocycles. The number of hydrogen-bond donors (Lipinski definition) is 1. The molecule has 3 aromatic rings. The number of fused-ring (bicyclic) bond motifs is 1. The zero-order chi connectivity index (χ0) is 26.7. The van der Waals surface area contributed by atoms with E-state index in [1.54, 1.807) is 55.5 Å². The van der Waals surface area contributed by atoms with Gasteiger partial charge in [-0.15, -0.1) is 0 Å². The number of benzene rings is 3. The summed E-state index contributed by atoms with van der Waals surface area (Å²) in [5.41, 5.74) is 1.28. The lowest BCUT2D eigenvalue weighted by Crippen LogP contribution is -2.55. The van der Waals surface area contributed by atoms with E-state index in [9.17, 15) is 23.1 Å². The molecule has 0 aromatic heterocycles. The molecule has 37 heavy (non-hydrogen) atoms. The molecule has 9 nitrogen and oxygen atoms in total. The zero-order valence-electron chi connectivity index (χ0n) is 20.7. The minimum absolute atomic E-state index is 0.0736. The topological polar surface area (TPSA) is 113 Å². The average Bonchev–Trinajstić information content (AvgIpc) is 3.03. The van der Waals surface area contributed by atoms with Crippen LogP contribution in [0.15, 0.2) is 77.7 Å². The number of aliphatic carboxylic acids is 1. The Morgan fingerprint density at radius 1 is 0.973 bits per heavy atom. The predicted octanol–water partition coefficient (Wildman–Crippen LogP) is 3.79. The summed E-state index contributed by atoms with van der Waals surface area (Å²) in [6.07, 6.45) is 0. The van der Waals surface area contributed by atoms with Gasteiger partial charge in [-0.2, -0.15) is 4.31 Å². The normalized spacial score (nSPS) is 18.0. The van der Waals surface area contributed by atoms with Gasteiger partial charge < -0.3 is 19.5 Å². The standard InChI is InChI=1S/C27H28N2O7S/c1-4-36-22-11-9-19(10-12-22)26(30)29-18(2)25(27(31)32)28(17-20-7-5-6-8-24(20)29)37(33,34)23-15-13-21(35-3)14-16-23/h5-16,18,25H,4,17H2,1-3H3,(H,31,32). The molecular formula is C27H28N2O7S. The number of para-hydroxylation sites is 1.